The molecule has 0 N–H and O–H groups in total. The van der Waals surface area contributed by atoms with E-state index in [1.54, 1.807) is 10.0 Å². The van der Waals surface area contributed by atoms with Crippen molar-refractivity contribution in [2.45, 2.75) is 63.4 Å². The van der Waals surface area contributed by atoms with Gasteiger partial charge in [0.15, 0.2) is 0 Å². The average molecular weight is 236 g/mol. The maximum atomic E-state index is 2.44. The van der Waals surface area contributed by atoms with Crippen molar-refractivity contribution in [2.75, 3.05) is 0 Å². The van der Waals surface area contributed by atoms with Crippen molar-refractivity contribution in [2.24, 2.45) is 11.8 Å². The van der Waals surface area contributed by atoms with Crippen LogP contribution in [-0.2, 0) is 17.1 Å². The van der Waals surface area contributed by atoms with Crippen LogP contribution < -0.4 is 0 Å². The summed E-state index contributed by atoms with van der Waals surface area (Å²) in [5.41, 5.74) is 0. The molecule has 0 saturated carbocycles. The van der Waals surface area contributed by atoms with Crippen LogP contribution in [0.25, 0.3) is 0 Å². The van der Waals surface area contributed by atoms with Gasteiger partial charge in [0.1, 0.15) is 0 Å². The van der Waals surface area contributed by atoms with Gasteiger partial charge in [-0.2, -0.15) is 0 Å². The van der Waals surface area contributed by atoms with Crippen molar-refractivity contribution in [1.82, 2.24) is 0 Å². The Bertz CT molecular complexity index is 89.3. The van der Waals surface area contributed by atoms with Crippen molar-refractivity contribution in [3.8, 4) is 0 Å². The van der Waals surface area contributed by atoms with Crippen LogP contribution in [0.3, 0.4) is 0 Å². The predicted molar refractivity (Wildman–Crippen MR) is 57.8 cm³/mol. The van der Waals surface area contributed by atoms with Crippen LogP contribution in [0.15, 0.2) is 0 Å². The predicted octanol–water partition coefficient (Wildman–Crippen LogP) is 4.78. The Morgan fingerprint density at radius 3 is 1.54 bits per heavy atom. The second-order valence-corrected chi connectivity index (χ2v) is 8.62. The second kappa shape index (κ2) is 9.19. The van der Waals surface area contributed by atoms with Crippen molar-refractivity contribution in [3.05, 3.63) is 0 Å². The fourth-order valence-corrected chi connectivity index (χ4v) is 6.72. The first-order valence-corrected chi connectivity index (χ1v) is 10.4. The molecule has 2 unspecified atom stereocenters. The van der Waals surface area contributed by atoms with E-state index in [0.717, 1.165) is 11.8 Å². The molecule has 0 nitrogen and oxygen atoms in total. The van der Waals surface area contributed by atoms with Gasteiger partial charge in [0.05, 0.1) is 0 Å². The number of hydrogen-bond acceptors (Lipinski definition) is 0. The molecule has 13 heavy (non-hydrogen) atoms. The summed E-state index contributed by atoms with van der Waals surface area (Å²) in [5, 5.41) is 3.27. The molecule has 0 amide bonds. The number of rotatable bonds is 8. The molecule has 0 aromatic rings. The molecule has 76 valence electrons. The standard InChI is InChI=1S/2C6H13.Zn/c2*1-4-5-6(2)3;/h2*6H,2,4-5H2,1,3H3;. The Kier molecular flexibility index (Phi) is 9.63. The van der Waals surface area contributed by atoms with Crippen LogP contribution >= 0.6 is 0 Å². The molecule has 0 saturated heterocycles. The summed E-state index contributed by atoms with van der Waals surface area (Å²) in [5.74, 6) is 2.08. The molecule has 0 radical (unpaired) electrons. The minimum atomic E-state index is -0.134. The Morgan fingerprint density at radius 1 is 0.846 bits per heavy atom. The van der Waals surface area contributed by atoms with Gasteiger partial charge in [-0.05, 0) is 0 Å². The summed E-state index contributed by atoms with van der Waals surface area (Å²) in [6.07, 6.45) is 5.70. The average Bonchev–Trinajstić information content (AvgIpc) is 2.05. The number of hydrogen-bond donors (Lipinski definition) is 0. The summed E-state index contributed by atoms with van der Waals surface area (Å²) in [6, 6.07) is 0. The van der Waals surface area contributed by atoms with Gasteiger partial charge in [-0.1, -0.05) is 0 Å². The first-order valence-electron chi connectivity index (χ1n) is 6.20. The van der Waals surface area contributed by atoms with Crippen molar-refractivity contribution >= 4 is 0 Å². The molecule has 0 aliphatic carbocycles. The molecule has 0 rings (SSSR count). The molecular weight excluding hydrogens is 210 g/mol. The first-order chi connectivity index (χ1) is 6.20. The Morgan fingerprint density at radius 2 is 1.23 bits per heavy atom. The minimum absolute atomic E-state index is 0.134. The van der Waals surface area contributed by atoms with E-state index in [0.29, 0.717) is 0 Å². The van der Waals surface area contributed by atoms with Crippen molar-refractivity contribution in [1.29, 1.82) is 0 Å². The Labute approximate surface area is 92.5 Å². The second-order valence-electron chi connectivity index (χ2n) is 4.72. The van der Waals surface area contributed by atoms with Gasteiger partial charge in [0, 0.05) is 0 Å². The molecule has 2 atom stereocenters. The summed E-state index contributed by atoms with van der Waals surface area (Å²) in [7, 11) is 0. The molecule has 0 fully saturated rings. The van der Waals surface area contributed by atoms with Gasteiger partial charge in [-0.25, -0.2) is 0 Å². The third-order valence-corrected chi connectivity index (χ3v) is 8.81. The van der Waals surface area contributed by atoms with E-state index in [1.807, 2.05) is 0 Å². The van der Waals surface area contributed by atoms with Crippen LogP contribution in [0.2, 0.25) is 10.0 Å². The van der Waals surface area contributed by atoms with Gasteiger partial charge in [-0.3, -0.25) is 0 Å². The zero-order valence-corrected chi connectivity index (χ0v) is 13.1. The van der Waals surface area contributed by atoms with E-state index < -0.39 is 0 Å². The van der Waals surface area contributed by atoms with Crippen molar-refractivity contribution < 1.29 is 17.1 Å². The first kappa shape index (κ1) is 13.6. The zero-order valence-electron chi connectivity index (χ0n) is 10.1. The van der Waals surface area contributed by atoms with E-state index in [-0.39, 0.29) is 17.1 Å². The molecule has 0 aromatic heterocycles. The molecule has 0 aliphatic heterocycles. The van der Waals surface area contributed by atoms with Crippen LogP contribution in [0.4, 0.5) is 0 Å². The molecule has 0 bridgehead atoms. The van der Waals surface area contributed by atoms with E-state index in [1.165, 1.54) is 25.7 Å². The molecule has 0 aliphatic rings. The van der Waals surface area contributed by atoms with Crippen LogP contribution in [0, 0.1) is 11.8 Å². The summed E-state index contributed by atoms with van der Waals surface area (Å²) >= 11 is -0.134. The van der Waals surface area contributed by atoms with Crippen LogP contribution in [0.5, 0.6) is 0 Å². The van der Waals surface area contributed by atoms with E-state index in [4.69, 9.17) is 0 Å². The van der Waals surface area contributed by atoms with Crippen LogP contribution in [0.1, 0.15) is 53.4 Å². The fraction of sp³-hybridized carbons (Fsp3) is 1.00. The monoisotopic (exact) mass is 234 g/mol. The van der Waals surface area contributed by atoms with Crippen molar-refractivity contribution in [3.63, 3.8) is 0 Å². The summed E-state index contributed by atoms with van der Waals surface area (Å²) in [4.78, 5) is 0. The van der Waals surface area contributed by atoms with E-state index >= 15 is 0 Å². The SMILES string of the molecule is CCCC(C)[CH2][Zn][CH2]C(C)CCC. The molecule has 0 heterocycles. The molecule has 0 aromatic carbocycles. The summed E-state index contributed by atoms with van der Waals surface area (Å²) in [6.45, 7) is 9.50. The Balaban J connectivity index is 3.23. The third-order valence-electron chi connectivity index (χ3n) is 2.96. The third kappa shape index (κ3) is 8.94. The fourth-order valence-electron chi connectivity index (χ4n) is 2.09. The van der Waals surface area contributed by atoms with Gasteiger partial charge in [-0.15, -0.1) is 0 Å². The summed E-state index contributed by atoms with van der Waals surface area (Å²) < 4.78 is 0. The van der Waals surface area contributed by atoms with Gasteiger partial charge in [0.25, 0.3) is 0 Å². The quantitative estimate of drug-likeness (QED) is 0.531. The molecular formula is C12H26Zn. The topological polar surface area (TPSA) is 0 Å². The molecule has 1 heteroatoms. The zero-order chi connectivity index (χ0) is 10.1. The van der Waals surface area contributed by atoms with Gasteiger partial charge >= 0.3 is 92.4 Å². The van der Waals surface area contributed by atoms with Crippen LogP contribution in [-0.4, -0.2) is 0 Å². The normalized spacial score (nSPS) is 15.1. The molecule has 0 spiro atoms. The van der Waals surface area contributed by atoms with Gasteiger partial charge in [0.2, 0.25) is 0 Å². The van der Waals surface area contributed by atoms with Gasteiger partial charge < -0.3 is 0 Å². The van der Waals surface area contributed by atoms with E-state index in [2.05, 4.69) is 27.7 Å². The van der Waals surface area contributed by atoms with E-state index in [9.17, 15) is 0 Å². The maximum absolute atomic E-state index is 2.44. The Hall–Kier alpha value is 0.623.